The third-order valence-electron chi connectivity index (χ3n) is 22.1. The highest BCUT2D eigenvalue weighted by Crippen LogP contribution is 2.54. The van der Waals surface area contributed by atoms with Crippen LogP contribution >= 0.6 is 0 Å². The van der Waals surface area contributed by atoms with Crippen LogP contribution in [-0.2, 0) is 16.2 Å². The van der Waals surface area contributed by atoms with Crippen molar-refractivity contribution in [2.24, 2.45) is 0 Å². The number of benzene rings is 15. The molecular weight excluding hydrogens is 1290 g/mol. The Bertz CT molecular complexity index is 5860. The van der Waals surface area contributed by atoms with Gasteiger partial charge in [0, 0.05) is 73.1 Å². The SMILES string of the molecule is CC(C)(C)c1cc(-c2cc3c4c(c2)N(c2c(-c5ccccc5)cc(C(C)(C)C)cc2-c2ccccc2)c2cc(-c5ccccc5)ccc2B4c2ccc(-n4c5ccccc5c5cc(N(c6ccccc6)c6ccccc6)ccc54)cc2N3c2cc(-c3ccccc3)cc(-c3ccccc3)c2)cc(C(C)(C)C)c1. The van der Waals surface area contributed by atoms with Crippen LogP contribution in [-0.4, -0.2) is 11.3 Å². The van der Waals surface area contributed by atoms with Crippen LogP contribution in [0, 0.1) is 0 Å². The van der Waals surface area contributed by atoms with Gasteiger partial charge < -0.3 is 19.3 Å². The highest BCUT2D eigenvalue weighted by molar-refractivity contribution is 7.00. The lowest BCUT2D eigenvalue weighted by molar-refractivity contribution is 0.569. The zero-order chi connectivity index (χ0) is 72.9. The lowest BCUT2D eigenvalue weighted by atomic mass is 9.33. The van der Waals surface area contributed by atoms with E-state index in [0.29, 0.717) is 0 Å². The van der Waals surface area contributed by atoms with Crippen LogP contribution in [0.4, 0.5) is 51.2 Å². The van der Waals surface area contributed by atoms with Gasteiger partial charge >= 0.3 is 0 Å². The van der Waals surface area contributed by atoms with Crippen LogP contribution in [0.1, 0.15) is 79.0 Å². The number of hydrogen-bond acceptors (Lipinski definition) is 3. The van der Waals surface area contributed by atoms with Gasteiger partial charge in [0.25, 0.3) is 6.71 Å². The highest BCUT2D eigenvalue weighted by atomic mass is 15.2. The molecule has 0 unspecified atom stereocenters. The van der Waals surface area contributed by atoms with Crippen LogP contribution in [0.5, 0.6) is 0 Å². The summed E-state index contributed by atoms with van der Waals surface area (Å²) in [4.78, 5) is 7.75. The highest BCUT2D eigenvalue weighted by Gasteiger charge is 2.46. The number of aromatic nitrogens is 1. The Hall–Kier alpha value is -12.4. The fraction of sp³-hybridized carbons (Fsp3) is 0.118. The lowest BCUT2D eigenvalue weighted by Gasteiger charge is -2.45. The normalized spacial score (nSPS) is 12.7. The van der Waals surface area contributed by atoms with Crippen LogP contribution in [0.25, 0.3) is 94.3 Å². The van der Waals surface area contributed by atoms with Crippen molar-refractivity contribution in [1.82, 2.24) is 4.57 Å². The number of hydrogen-bond donors (Lipinski definition) is 0. The molecule has 3 heterocycles. The van der Waals surface area contributed by atoms with Gasteiger partial charge in [-0.1, -0.05) is 305 Å². The number of nitrogens with zero attached hydrogens (tertiary/aromatic N) is 4. The van der Waals surface area contributed by atoms with Crippen molar-refractivity contribution in [3.8, 4) is 72.4 Å². The minimum atomic E-state index is -0.237. The van der Waals surface area contributed by atoms with E-state index in [1.165, 1.54) is 60.5 Å². The Morgan fingerprint density at radius 1 is 0.252 bits per heavy atom. The van der Waals surface area contributed by atoms with E-state index in [2.05, 4.69) is 433 Å². The summed E-state index contributed by atoms with van der Waals surface area (Å²) < 4.78 is 2.52. The maximum absolute atomic E-state index is 2.71. The van der Waals surface area contributed by atoms with Crippen molar-refractivity contribution < 1.29 is 0 Å². The second-order valence-electron chi connectivity index (χ2n) is 32.2. The molecule has 0 amide bonds. The molecule has 107 heavy (non-hydrogen) atoms. The first-order valence-electron chi connectivity index (χ1n) is 37.7. The fourth-order valence-corrected chi connectivity index (χ4v) is 16.6. The van der Waals surface area contributed by atoms with Gasteiger partial charge in [0.15, 0.2) is 0 Å². The Kier molecular flexibility index (Phi) is 16.4. The molecule has 16 aromatic rings. The zero-order valence-electron chi connectivity index (χ0n) is 62.4. The van der Waals surface area contributed by atoms with Gasteiger partial charge in [0.05, 0.1) is 16.7 Å². The quantitative estimate of drug-likeness (QED) is 0.113. The monoisotopic (exact) mass is 1380 g/mol. The van der Waals surface area contributed by atoms with Gasteiger partial charge in [-0.3, -0.25) is 0 Å². The van der Waals surface area contributed by atoms with E-state index in [1.54, 1.807) is 0 Å². The lowest BCUT2D eigenvalue weighted by Crippen LogP contribution is -2.61. The van der Waals surface area contributed by atoms with Crippen LogP contribution < -0.4 is 31.1 Å². The average molecular weight is 1380 g/mol. The summed E-state index contributed by atoms with van der Waals surface area (Å²) >= 11 is 0. The topological polar surface area (TPSA) is 14.7 Å². The molecule has 1 aromatic heterocycles. The second kappa shape index (κ2) is 26.3. The molecule has 18 rings (SSSR count). The molecular formula is C102H85BN4. The Balaban J connectivity index is 0.992. The van der Waals surface area contributed by atoms with Gasteiger partial charge in [-0.25, -0.2) is 0 Å². The fourth-order valence-electron chi connectivity index (χ4n) is 16.6. The predicted octanol–water partition coefficient (Wildman–Crippen LogP) is 26.2. The first-order chi connectivity index (χ1) is 52.0. The van der Waals surface area contributed by atoms with Gasteiger partial charge in [0.1, 0.15) is 0 Å². The number of para-hydroxylation sites is 3. The summed E-state index contributed by atoms with van der Waals surface area (Å²) in [6.07, 6.45) is 0. The third kappa shape index (κ3) is 12.0. The van der Waals surface area contributed by atoms with Crippen LogP contribution in [0.15, 0.2) is 352 Å². The van der Waals surface area contributed by atoms with Gasteiger partial charge in [-0.05, 0) is 214 Å². The maximum atomic E-state index is 2.71. The van der Waals surface area contributed by atoms with Gasteiger partial charge in [0.2, 0.25) is 0 Å². The van der Waals surface area contributed by atoms with Crippen molar-refractivity contribution >= 4 is 96.1 Å². The molecule has 0 aliphatic carbocycles. The van der Waals surface area contributed by atoms with Crippen molar-refractivity contribution in [3.05, 3.63) is 369 Å². The Morgan fingerprint density at radius 3 is 1.17 bits per heavy atom. The third-order valence-corrected chi connectivity index (χ3v) is 22.1. The standard InChI is InChI=1S/C102H85BN4/c1-100(2,3)78-56-76(57-79(63-78)101(4,5)6)77-61-96-98-97(62-77)107(99-87(71-39-23-13-24-40-71)64-80(102(7,8)9)65-88(99)72-41-25-14-26-42-72)94-60-73(68-33-17-10-18-34-68)49-52-90(94)103(98)91-53-50-84(67-95(91)106(96)85-58-74(69-35-19-11-20-36-69)55-75(59-85)70-37-21-12-22-38-70)105-92-48-32-31-47-86(92)89-66-83(51-54-93(89)105)104(81-43-27-15-28-44-81)82-45-29-16-30-46-82/h10-67H,1-9H3. The van der Waals surface area contributed by atoms with Crippen LogP contribution in [0.3, 0.4) is 0 Å². The molecule has 0 bridgehead atoms. The molecule has 0 spiro atoms. The molecule has 2 aliphatic heterocycles. The Labute approximate surface area is 630 Å². The number of rotatable bonds is 12. The van der Waals surface area contributed by atoms with Crippen molar-refractivity contribution in [1.29, 1.82) is 0 Å². The van der Waals surface area contributed by atoms with Crippen molar-refractivity contribution in [2.75, 3.05) is 14.7 Å². The van der Waals surface area contributed by atoms with E-state index in [9.17, 15) is 0 Å². The Morgan fingerprint density at radius 2 is 0.654 bits per heavy atom. The second-order valence-corrected chi connectivity index (χ2v) is 32.2. The number of fused-ring (bicyclic) bond motifs is 7. The number of anilines is 9. The first kappa shape index (κ1) is 66.5. The van der Waals surface area contributed by atoms with E-state index < -0.39 is 0 Å². The smallest absolute Gasteiger partial charge is 0.252 e. The summed E-state index contributed by atoms with van der Waals surface area (Å²) in [7, 11) is 0. The maximum Gasteiger partial charge on any atom is 0.252 e. The minimum absolute atomic E-state index is 0.156. The summed E-state index contributed by atoms with van der Waals surface area (Å²) in [5.74, 6) is 0. The van der Waals surface area contributed by atoms with E-state index in [-0.39, 0.29) is 23.0 Å². The molecule has 0 fully saturated rings. The van der Waals surface area contributed by atoms with E-state index in [4.69, 9.17) is 0 Å². The molecule has 5 heteroatoms. The molecule has 15 aromatic carbocycles. The van der Waals surface area contributed by atoms with Crippen LogP contribution in [0.2, 0.25) is 0 Å². The zero-order valence-corrected chi connectivity index (χ0v) is 62.4. The molecule has 516 valence electrons. The summed E-state index contributed by atoms with van der Waals surface area (Å²) in [6, 6.07) is 133. The summed E-state index contributed by atoms with van der Waals surface area (Å²) in [5.41, 5.74) is 34.3. The molecule has 0 saturated carbocycles. The van der Waals surface area contributed by atoms with Gasteiger partial charge in [-0.15, -0.1) is 0 Å². The first-order valence-corrected chi connectivity index (χ1v) is 37.7. The summed E-state index contributed by atoms with van der Waals surface area (Å²) in [6.45, 7) is 21.0. The molecule has 2 aliphatic rings. The van der Waals surface area contributed by atoms with Crippen molar-refractivity contribution in [2.45, 2.75) is 78.6 Å². The molecule has 0 N–H and O–H groups in total. The predicted molar refractivity (Wildman–Crippen MR) is 458 cm³/mol. The molecule has 0 saturated heterocycles. The molecule has 0 atom stereocenters. The molecule has 0 radical (unpaired) electrons. The van der Waals surface area contributed by atoms with Crippen molar-refractivity contribution in [3.63, 3.8) is 0 Å². The average Bonchev–Trinajstić information content (AvgIpc) is 0.838. The van der Waals surface area contributed by atoms with E-state index >= 15 is 0 Å². The van der Waals surface area contributed by atoms with E-state index in [0.717, 1.165) is 118 Å². The van der Waals surface area contributed by atoms with E-state index in [1.807, 2.05) is 0 Å². The largest absolute Gasteiger partial charge is 0.311 e. The summed E-state index contributed by atoms with van der Waals surface area (Å²) in [5, 5.41) is 2.36. The minimum Gasteiger partial charge on any atom is -0.311 e. The van der Waals surface area contributed by atoms with Gasteiger partial charge in [-0.2, -0.15) is 0 Å². The molecule has 4 nitrogen and oxygen atoms in total.